The number of hydrogen-bond donors (Lipinski definition) is 0. The largest absolute Gasteiger partial charge is 0.310 e. The van der Waals surface area contributed by atoms with Gasteiger partial charge in [0.25, 0.3) is 0 Å². The summed E-state index contributed by atoms with van der Waals surface area (Å²) in [6, 6.07) is 35.8. The van der Waals surface area contributed by atoms with E-state index in [1.807, 2.05) is 24.3 Å². The molecule has 0 aliphatic heterocycles. The molecule has 236 valence electrons. The van der Waals surface area contributed by atoms with Crippen LogP contribution in [-0.4, -0.2) is 9.13 Å². The van der Waals surface area contributed by atoms with Crippen LogP contribution in [0.5, 0.6) is 0 Å². The Hall–Kier alpha value is -5.60. The highest BCUT2D eigenvalue weighted by molar-refractivity contribution is 5.90. The number of benzene rings is 4. The molecular weight excluding hydrogens is 581 g/mol. The topological polar surface area (TPSA) is 9.86 Å². The van der Waals surface area contributed by atoms with Gasteiger partial charge >= 0.3 is 0 Å². The molecule has 1 aliphatic carbocycles. The number of para-hydroxylation sites is 1. The average Bonchev–Trinajstić information content (AvgIpc) is 3.57. The fourth-order valence-corrected chi connectivity index (χ4v) is 7.16. The van der Waals surface area contributed by atoms with E-state index in [9.17, 15) is 0 Å². The number of fused-ring (bicyclic) bond motifs is 2. The summed E-state index contributed by atoms with van der Waals surface area (Å²) in [6.07, 6.45) is 20.7. The number of nitrogens with zero attached hydrogens (tertiary/aromatic N) is 2. The monoisotopic (exact) mass is 622 g/mol. The Morgan fingerprint density at radius 1 is 0.604 bits per heavy atom. The van der Waals surface area contributed by atoms with Crippen molar-refractivity contribution in [3.63, 3.8) is 0 Å². The van der Waals surface area contributed by atoms with Crippen LogP contribution in [0.1, 0.15) is 62.4 Å². The molecule has 6 aromatic rings. The van der Waals surface area contributed by atoms with Crippen molar-refractivity contribution in [1.82, 2.24) is 9.13 Å². The zero-order valence-electron chi connectivity index (χ0n) is 28.0. The van der Waals surface area contributed by atoms with E-state index in [0.29, 0.717) is 0 Å². The minimum Gasteiger partial charge on any atom is -0.310 e. The van der Waals surface area contributed by atoms with Crippen molar-refractivity contribution in [3.8, 4) is 11.4 Å². The van der Waals surface area contributed by atoms with Crippen molar-refractivity contribution in [2.24, 2.45) is 0 Å². The van der Waals surface area contributed by atoms with Crippen molar-refractivity contribution in [3.05, 3.63) is 197 Å². The molecule has 4 aromatic carbocycles. The highest BCUT2D eigenvalue weighted by atomic mass is 15.0. The van der Waals surface area contributed by atoms with Gasteiger partial charge in [0.05, 0.1) is 5.52 Å². The highest BCUT2D eigenvalue weighted by Crippen LogP contribution is 2.33. The van der Waals surface area contributed by atoms with Crippen molar-refractivity contribution < 1.29 is 0 Å². The van der Waals surface area contributed by atoms with E-state index < -0.39 is 0 Å². The van der Waals surface area contributed by atoms with E-state index in [1.54, 1.807) is 0 Å². The molecule has 0 unspecified atom stereocenters. The van der Waals surface area contributed by atoms with Crippen LogP contribution in [0, 0.1) is 13.8 Å². The lowest BCUT2D eigenvalue weighted by atomic mass is 10.00. The number of allylic oxidation sites excluding steroid dienone is 5. The number of hydrogen-bond acceptors (Lipinski definition) is 0. The lowest BCUT2D eigenvalue weighted by molar-refractivity contribution is 0.952. The fraction of sp³-hybridized carbons (Fsp3) is 0.130. The van der Waals surface area contributed by atoms with Crippen LogP contribution in [0.2, 0.25) is 0 Å². The zero-order valence-corrected chi connectivity index (χ0v) is 28.0. The zero-order chi connectivity index (χ0) is 33.0. The molecule has 0 saturated heterocycles. The Balaban J connectivity index is 1.06. The molecule has 2 aromatic heterocycles. The van der Waals surface area contributed by atoms with Crippen molar-refractivity contribution in [1.29, 1.82) is 0 Å². The third kappa shape index (κ3) is 5.98. The van der Waals surface area contributed by atoms with E-state index in [0.717, 1.165) is 25.7 Å². The number of rotatable bonds is 10. The normalized spacial score (nSPS) is 12.7. The molecule has 0 fully saturated rings. The molecule has 0 bridgehead atoms. The van der Waals surface area contributed by atoms with Gasteiger partial charge in [0, 0.05) is 33.8 Å². The van der Waals surface area contributed by atoms with Gasteiger partial charge < -0.3 is 9.13 Å². The molecule has 48 heavy (non-hydrogen) atoms. The lowest BCUT2D eigenvalue weighted by Crippen LogP contribution is -2.02. The Labute approximate surface area is 285 Å². The van der Waals surface area contributed by atoms with Gasteiger partial charge in [-0.25, -0.2) is 0 Å². The SMILES string of the molecule is C=C/C=C\c1c(C)c2c(n1-c1ccc(Cc3ccc(Cc4ccc(-n5c(/C=C\C=C)c(C)c6ccccc65)cc4)cc3)cc1)C=CCC2. The maximum atomic E-state index is 3.88. The van der Waals surface area contributed by atoms with Crippen LogP contribution in [-0.2, 0) is 19.3 Å². The third-order valence-electron chi connectivity index (χ3n) is 9.65. The summed E-state index contributed by atoms with van der Waals surface area (Å²) in [7, 11) is 0. The second-order valence-corrected chi connectivity index (χ2v) is 12.7. The van der Waals surface area contributed by atoms with Gasteiger partial charge in [0.2, 0.25) is 0 Å². The lowest BCUT2D eigenvalue weighted by Gasteiger charge is -2.14. The molecule has 0 spiro atoms. The first kappa shape index (κ1) is 31.0. The molecule has 2 nitrogen and oxygen atoms in total. The summed E-state index contributed by atoms with van der Waals surface area (Å²) in [4.78, 5) is 0. The summed E-state index contributed by atoms with van der Waals surface area (Å²) >= 11 is 0. The molecule has 0 saturated carbocycles. The third-order valence-corrected chi connectivity index (χ3v) is 9.65. The Morgan fingerprint density at radius 3 is 1.67 bits per heavy atom. The molecule has 0 N–H and O–H groups in total. The molecule has 7 rings (SSSR count). The second-order valence-electron chi connectivity index (χ2n) is 12.7. The van der Waals surface area contributed by atoms with Gasteiger partial charge in [0.1, 0.15) is 0 Å². The van der Waals surface area contributed by atoms with E-state index in [-0.39, 0.29) is 0 Å². The first-order valence-electron chi connectivity index (χ1n) is 16.9. The minimum atomic E-state index is 0.904. The maximum absolute atomic E-state index is 3.88. The quantitative estimate of drug-likeness (QED) is 0.135. The summed E-state index contributed by atoms with van der Waals surface area (Å²) in [6.45, 7) is 12.2. The molecule has 1 aliphatic rings. The van der Waals surface area contributed by atoms with Gasteiger partial charge in [-0.15, -0.1) is 0 Å². The van der Waals surface area contributed by atoms with Gasteiger partial charge in [-0.1, -0.05) is 110 Å². The van der Waals surface area contributed by atoms with Crippen molar-refractivity contribution >= 4 is 29.1 Å². The molecule has 0 atom stereocenters. The minimum absolute atomic E-state index is 0.904. The summed E-state index contributed by atoms with van der Waals surface area (Å²) in [5.41, 5.74) is 16.7. The summed E-state index contributed by atoms with van der Waals surface area (Å²) in [5, 5.41) is 1.28. The smallest absolute Gasteiger partial charge is 0.0537 e. The van der Waals surface area contributed by atoms with E-state index >= 15 is 0 Å². The van der Waals surface area contributed by atoms with Crippen molar-refractivity contribution in [2.45, 2.75) is 39.5 Å². The van der Waals surface area contributed by atoms with Crippen LogP contribution >= 0.6 is 0 Å². The first-order chi connectivity index (χ1) is 23.6. The van der Waals surface area contributed by atoms with E-state index in [4.69, 9.17) is 0 Å². The van der Waals surface area contributed by atoms with Crippen LogP contribution in [0.15, 0.2) is 141 Å². The van der Waals surface area contributed by atoms with Crippen LogP contribution in [0.25, 0.3) is 40.5 Å². The Morgan fingerprint density at radius 2 is 1.10 bits per heavy atom. The first-order valence-corrected chi connectivity index (χ1v) is 16.9. The fourth-order valence-electron chi connectivity index (χ4n) is 7.16. The standard InChI is InChI=1S/C46H42N2/c1-5-7-15-43-33(3)41-13-9-11-17-45(41)47(43)39-27-23-37(24-28-39)31-35-19-21-36(22-20-35)32-38-25-29-40(30-26-38)48-44(16-8-6-2)34(4)42-14-10-12-18-46(42)48/h5-9,11-13,15-30H,1-2,10,14,31-32H2,3-4H3/b15-7-,16-8-. The maximum Gasteiger partial charge on any atom is 0.0537 e. The molecular formula is C46H42N2. The van der Waals surface area contributed by atoms with Gasteiger partial charge in [-0.2, -0.15) is 0 Å². The summed E-state index contributed by atoms with van der Waals surface area (Å²) in [5.74, 6) is 0. The summed E-state index contributed by atoms with van der Waals surface area (Å²) < 4.78 is 4.74. The van der Waals surface area contributed by atoms with E-state index in [1.165, 1.54) is 78.3 Å². The molecule has 0 radical (unpaired) electrons. The van der Waals surface area contributed by atoms with Gasteiger partial charge in [-0.3, -0.25) is 0 Å². The predicted molar refractivity (Wildman–Crippen MR) is 206 cm³/mol. The Kier molecular flexibility index (Phi) is 8.81. The predicted octanol–water partition coefficient (Wildman–Crippen LogP) is 11.6. The van der Waals surface area contributed by atoms with E-state index in [2.05, 4.69) is 158 Å². The van der Waals surface area contributed by atoms with Crippen LogP contribution in [0.3, 0.4) is 0 Å². The van der Waals surface area contributed by atoms with Gasteiger partial charge in [-0.05, 0) is 127 Å². The average molecular weight is 623 g/mol. The molecule has 0 amide bonds. The van der Waals surface area contributed by atoms with Crippen LogP contribution < -0.4 is 0 Å². The molecule has 2 heteroatoms. The van der Waals surface area contributed by atoms with Gasteiger partial charge in [0.15, 0.2) is 0 Å². The number of aryl methyl sites for hydroxylation is 1. The number of aromatic nitrogens is 2. The highest BCUT2D eigenvalue weighted by Gasteiger charge is 2.20. The van der Waals surface area contributed by atoms with Crippen LogP contribution in [0.4, 0.5) is 0 Å². The second kappa shape index (κ2) is 13.6. The van der Waals surface area contributed by atoms with Crippen molar-refractivity contribution in [2.75, 3.05) is 0 Å². The Bertz CT molecular complexity index is 2190. The molecule has 2 heterocycles.